The number of methoxy groups -OCH3 is 1. The number of para-hydroxylation sites is 1. The summed E-state index contributed by atoms with van der Waals surface area (Å²) in [5, 5.41) is 7.25. The van der Waals surface area contributed by atoms with E-state index in [4.69, 9.17) is 4.74 Å². The highest BCUT2D eigenvalue weighted by atomic mass is 16.5. The predicted octanol–water partition coefficient (Wildman–Crippen LogP) is 1.68. The van der Waals surface area contributed by atoms with Crippen LogP contribution in [0.5, 0.6) is 5.75 Å². The Morgan fingerprint density at radius 1 is 1.42 bits per heavy atom. The molecule has 1 aliphatic heterocycles. The summed E-state index contributed by atoms with van der Waals surface area (Å²) in [5.74, 6) is 1.03. The first-order chi connectivity index (χ1) is 11.7. The number of aromatic nitrogens is 2. The summed E-state index contributed by atoms with van der Waals surface area (Å²) < 4.78 is 7.08. The standard InChI is InChI=1S/C18H24N4O2/c1-21-11-15(10-20-21)13-22-8-7-14(12-22)9-19-18(23)16-5-3-4-6-17(16)24-2/h3-6,10-11,14H,7-9,12-13H2,1-2H3,(H,19,23). The third-order valence-electron chi connectivity index (χ3n) is 4.44. The van der Waals surface area contributed by atoms with Crippen molar-refractivity contribution in [2.45, 2.75) is 13.0 Å². The number of benzene rings is 1. The molecule has 0 radical (unpaired) electrons. The lowest BCUT2D eigenvalue weighted by molar-refractivity contribution is 0.0944. The Morgan fingerprint density at radius 3 is 3.00 bits per heavy atom. The zero-order valence-electron chi connectivity index (χ0n) is 14.2. The number of nitrogens with one attached hydrogen (secondary N) is 1. The first-order valence-corrected chi connectivity index (χ1v) is 8.27. The zero-order chi connectivity index (χ0) is 16.9. The number of amides is 1. The molecule has 0 spiro atoms. The van der Waals surface area contributed by atoms with Crippen molar-refractivity contribution in [2.24, 2.45) is 13.0 Å². The van der Waals surface area contributed by atoms with Crippen LogP contribution in [0.4, 0.5) is 0 Å². The molecule has 1 atom stereocenters. The van der Waals surface area contributed by atoms with Gasteiger partial charge in [-0.15, -0.1) is 0 Å². The smallest absolute Gasteiger partial charge is 0.255 e. The molecule has 1 saturated heterocycles. The van der Waals surface area contributed by atoms with Gasteiger partial charge in [-0.05, 0) is 31.0 Å². The molecule has 0 saturated carbocycles. The van der Waals surface area contributed by atoms with Crippen molar-refractivity contribution in [3.05, 3.63) is 47.8 Å². The van der Waals surface area contributed by atoms with Gasteiger partial charge in [0.05, 0.1) is 18.9 Å². The molecule has 2 aromatic rings. The largest absolute Gasteiger partial charge is 0.496 e. The minimum Gasteiger partial charge on any atom is -0.496 e. The van der Waals surface area contributed by atoms with E-state index in [0.29, 0.717) is 23.8 Å². The Labute approximate surface area is 142 Å². The maximum atomic E-state index is 12.3. The molecular formula is C18H24N4O2. The maximum absolute atomic E-state index is 12.3. The van der Waals surface area contributed by atoms with Gasteiger partial charge >= 0.3 is 0 Å². The molecule has 1 aromatic carbocycles. The topological polar surface area (TPSA) is 59.4 Å². The van der Waals surface area contributed by atoms with Crippen molar-refractivity contribution in [3.8, 4) is 5.75 Å². The number of nitrogens with zero attached hydrogens (tertiary/aromatic N) is 3. The number of likely N-dealkylation sites (tertiary alicyclic amines) is 1. The maximum Gasteiger partial charge on any atom is 0.255 e. The van der Waals surface area contributed by atoms with Gasteiger partial charge in [0.15, 0.2) is 0 Å². The van der Waals surface area contributed by atoms with E-state index in [1.807, 2.05) is 30.1 Å². The van der Waals surface area contributed by atoms with E-state index in [0.717, 1.165) is 26.1 Å². The van der Waals surface area contributed by atoms with E-state index < -0.39 is 0 Å². The molecule has 24 heavy (non-hydrogen) atoms. The lowest BCUT2D eigenvalue weighted by atomic mass is 10.1. The van der Waals surface area contributed by atoms with Crippen molar-refractivity contribution in [3.63, 3.8) is 0 Å². The number of aryl methyl sites for hydroxylation is 1. The van der Waals surface area contributed by atoms with E-state index in [1.165, 1.54) is 5.56 Å². The number of carbonyl (C=O) groups excluding carboxylic acids is 1. The van der Waals surface area contributed by atoms with Gasteiger partial charge in [-0.25, -0.2) is 0 Å². The van der Waals surface area contributed by atoms with Crippen LogP contribution in [0.2, 0.25) is 0 Å². The summed E-state index contributed by atoms with van der Waals surface area (Å²) in [6.07, 6.45) is 5.07. The van der Waals surface area contributed by atoms with Crippen molar-refractivity contribution < 1.29 is 9.53 Å². The SMILES string of the molecule is COc1ccccc1C(=O)NCC1CCN(Cc2cnn(C)c2)C1. The molecule has 1 amide bonds. The number of carbonyl (C=O) groups is 1. The monoisotopic (exact) mass is 328 g/mol. The third-order valence-corrected chi connectivity index (χ3v) is 4.44. The molecule has 1 fully saturated rings. The fourth-order valence-electron chi connectivity index (χ4n) is 3.20. The molecule has 3 rings (SSSR count). The van der Waals surface area contributed by atoms with Crippen LogP contribution < -0.4 is 10.1 Å². The van der Waals surface area contributed by atoms with Gasteiger partial charge in [-0.1, -0.05) is 12.1 Å². The Balaban J connectivity index is 1.48. The molecule has 1 aromatic heterocycles. The van der Waals surface area contributed by atoms with Crippen LogP contribution in [0.3, 0.4) is 0 Å². The zero-order valence-corrected chi connectivity index (χ0v) is 14.2. The molecule has 1 N–H and O–H groups in total. The average molecular weight is 328 g/mol. The molecule has 1 aliphatic rings. The van der Waals surface area contributed by atoms with E-state index in [1.54, 1.807) is 19.2 Å². The lowest BCUT2D eigenvalue weighted by Gasteiger charge is -2.15. The Bertz CT molecular complexity index is 698. The van der Waals surface area contributed by atoms with Gasteiger partial charge in [0.2, 0.25) is 0 Å². The average Bonchev–Trinajstić information content (AvgIpc) is 3.21. The second kappa shape index (κ2) is 7.49. The summed E-state index contributed by atoms with van der Waals surface area (Å²) in [6, 6.07) is 7.31. The highest BCUT2D eigenvalue weighted by Crippen LogP contribution is 2.19. The van der Waals surface area contributed by atoms with Crippen LogP contribution in [0, 0.1) is 5.92 Å². The minimum absolute atomic E-state index is 0.0711. The molecule has 2 heterocycles. The van der Waals surface area contributed by atoms with Gasteiger partial charge in [-0.2, -0.15) is 5.10 Å². The van der Waals surface area contributed by atoms with Crippen LogP contribution >= 0.6 is 0 Å². The highest BCUT2D eigenvalue weighted by Gasteiger charge is 2.23. The number of hydrogen-bond acceptors (Lipinski definition) is 4. The summed E-state index contributed by atoms with van der Waals surface area (Å²) in [5.41, 5.74) is 1.82. The van der Waals surface area contributed by atoms with Gasteiger partial charge in [0.1, 0.15) is 5.75 Å². The van der Waals surface area contributed by atoms with Crippen molar-refractivity contribution >= 4 is 5.91 Å². The van der Waals surface area contributed by atoms with Gasteiger partial charge < -0.3 is 10.1 Å². The molecule has 128 valence electrons. The minimum atomic E-state index is -0.0711. The van der Waals surface area contributed by atoms with Crippen LogP contribution in [-0.2, 0) is 13.6 Å². The van der Waals surface area contributed by atoms with Crippen LogP contribution in [-0.4, -0.2) is 47.3 Å². The molecule has 1 unspecified atom stereocenters. The molecular weight excluding hydrogens is 304 g/mol. The quantitative estimate of drug-likeness (QED) is 0.876. The van der Waals surface area contributed by atoms with E-state index in [-0.39, 0.29) is 5.91 Å². The van der Waals surface area contributed by atoms with Crippen molar-refractivity contribution in [2.75, 3.05) is 26.7 Å². The second-order valence-electron chi connectivity index (χ2n) is 6.32. The van der Waals surface area contributed by atoms with Crippen LogP contribution in [0.15, 0.2) is 36.7 Å². The van der Waals surface area contributed by atoms with Crippen molar-refractivity contribution in [1.82, 2.24) is 20.0 Å². The summed E-state index contributed by atoms with van der Waals surface area (Å²) in [4.78, 5) is 14.8. The second-order valence-corrected chi connectivity index (χ2v) is 6.32. The van der Waals surface area contributed by atoms with Crippen LogP contribution in [0.25, 0.3) is 0 Å². The number of hydrogen-bond donors (Lipinski definition) is 1. The third kappa shape index (κ3) is 3.94. The normalized spacial score (nSPS) is 17.8. The molecule has 0 aliphatic carbocycles. The van der Waals surface area contributed by atoms with Crippen molar-refractivity contribution in [1.29, 1.82) is 0 Å². The molecule has 6 heteroatoms. The first kappa shape index (κ1) is 16.5. The number of rotatable bonds is 6. The summed E-state index contributed by atoms with van der Waals surface area (Å²) in [6.45, 7) is 3.68. The molecule has 6 nitrogen and oxygen atoms in total. The number of ether oxygens (including phenoxy) is 1. The van der Waals surface area contributed by atoms with E-state index in [9.17, 15) is 4.79 Å². The van der Waals surface area contributed by atoms with Crippen LogP contribution in [0.1, 0.15) is 22.3 Å². The summed E-state index contributed by atoms with van der Waals surface area (Å²) in [7, 11) is 3.52. The fourth-order valence-corrected chi connectivity index (χ4v) is 3.20. The Morgan fingerprint density at radius 2 is 2.25 bits per heavy atom. The highest BCUT2D eigenvalue weighted by molar-refractivity contribution is 5.96. The fraction of sp³-hybridized carbons (Fsp3) is 0.444. The van der Waals surface area contributed by atoms with E-state index >= 15 is 0 Å². The Kier molecular flexibility index (Phi) is 5.15. The summed E-state index contributed by atoms with van der Waals surface area (Å²) >= 11 is 0. The first-order valence-electron chi connectivity index (χ1n) is 8.27. The van der Waals surface area contributed by atoms with Gasteiger partial charge in [0.25, 0.3) is 5.91 Å². The lowest BCUT2D eigenvalue weighted by Crippen LogP contribution is -2.31. The Hall–Kier alpha value is -2.34. The van der Waals surface area contributed by atoms with Gasteiger partial charge in [0, 0.05) is 38.4 Å². The van der Waals surface area contributed by atoms with Gasteiger partial charge in [-0.3, -0.25) is 14.4 Å². The predicted molar refractivity (Wildman–Crippen MR) is 91.9 cm³/mol. The van der Waals surface area contributed by atoms with E-state index in [2.05, 4.69) is 21.5 Å². The molecule has 0 bridgehead atoms.